The lowest BCUT2D eigenvalue weighted by molar-refractivity contribution is -0.132. The van der Waals surface area contributed by atoms with E-state index in [1.54, 1.807) is 11.3 Å². The lowest BCUT2D eigenvalue weighted by Gasteiger charge is -2.41. The number of aromatic nitrogens is 1. The van der Waals surface area contributed by atoms with Crippen LogP contribution in [0.1, 0.15) is 42.7 Å². The van der Waals surface area contributed by atoms with E-state index in [1.165, 1.54) is 17.7 Å². The number of carbonyl (C=O) groups excluding carboxylic acids is 1. The third-order valence-electron chi connectivity index (χ3n) is 4.77. The van der Waals surface area contributed by atoms with Gasteiger partial charge in [-0.3, -0.25) is 9.69 Å². The Morgan fingerprint density at radius 2 is 2.40 bits per heavy atom. The average Bonchev–Trinajstić information content (AvgIpc) is 3.13. The third-order valence-corrected chi connectivity index (χ3v) is 5.69. The molecular formula is C15H23N3OS. The van der Waals surface area contributed by atoms with Crippen LogP contribution in [0.5, 0.6) is 0 Å². The summed E-state index contributed by atoms with van der Waals surface area (Å²) in [5.74, 6) is 0.655. The molecular weight excluding hydrogens is 270 g/mol. The van der Waals surface area contributed by atoms with Gasteiger partial charge in [0.2, 0.25) is 5.91 Å². The van der Waals surface area contributed by atoms with E-state index in [1.807, 2.05) is 5.51 Å². The van der Waals surface area contributed by atoms with Gasteiger partial charge in [-0.05, 0) is 38.6 Å². The zero-order chi connectivity index (χ0) is 14.2. The van der Waals surface area contributed by atoms with E-state index < -0.39 is 0 Å². The van der Waals surface area contributed by atoms with E-state index >= 15 is 0 Å². The maximum Gasteiger partial charge on any atom is 0.224 e. The number of hydrogen-bond donors (Lipinski definition) is 1. The third kappa shape index (κ3) is 2.88. The standard InChI is InChI=1S/C15H23N3OS/c1-11-13(20-10-17-11)8-18-6-2-5-15(9-18,14(16)19)7-12-3-4-12/h10,12H,2-9H2,1H3,(H2,16,19). The maximum atomic E-state index is 12.0. The monoisotopic (exact) mass is 293 g/mol. The number of rotatable bonds is 5. The van der Waals surface area contributed by atoms with Crippen molar-refractivity contribution >= 4 is 17.2 Å². The highest BCUT2D eigenvalue weighted by atomic mass is 32.1. The quantitative estimate of drug-likeness (QED) is 0.906. The fraction of sp³-hybridized carbons (Fsp3) is 0.733. The highest BCUT2D eigenvalue weighted by molar-refractivity contribution is 7.09. The van der Waals surface area contributed by atoms with Crippen molar-refractivity contribution in [3.8, 4) is 0 Å². The first-order valence-electron chi connectivity index (χ1n) is 7.50. The molecule has 110 valence electrons. The summed E-state index contributed by atoms with van der Waals surface area (Å²) in [4.78, 5) is 20.1. The second-order valence-electron chi connectivity index (χ2n) is 6.47. The number of thiazole rings is 1. The molecule has 2 fully saturated rings. The molecule has 1 amide bonds. The second-order valence-corrected chi connectivity index (χ2v) is 7.41. The molecule has 1 atom stereocenters. The summed E-state index contributed by atoms with van der Waals surface area (Å²) in [6.45, 7) is 4.87. The van der Waals surface area contributed by atoms with Gasteiger partial charge in [0.25, 0.3) is 0 Å². The Labute approximate surface area is 124 Å². The normalized spacial score (nSPS) is 27.6. The van der Waals surface area contributed by atoms with Crippen molar-refractivity contribution in [1.29, 1.82) is 0 Å². The second kappa shape index (κ2) is 5.45. The van der Waals surface area contributed by atoms with E-state index in [9.17, 15) is 4.79 Å². The van der Waals surface area contributed by atoms with Gasteiger partial charge in [-0.15, -0.1) is 11.3 Å². The van der Waals surface area contributed by atoms with Crippen molar-refractivity contribution in [2.75, 3.05) is 13.1 Å². The minimum absolute atomic E-state index is 0.0878. The fourth-order valence-electron chi connectivity index (χ4n) is 3.39. The first-order chi connectivity index (χ1) is 9.59. The molecule has 2 heterocycles. The average molecular weight is 293 g/mol. The van der Waals surface area contributed by atoms with Crippen molar-refractivity contribution in [2.24, 2.45) is 17.1 Å². The Bertz CT molecular complexity index is 497. The van der Waals surface area contributed by atoms with Gasteiger partial charge in [-0.1, -0.05) is 12.8 Å². The summed E-state index contributed by atoms with van der Waals surface area (Å²) in [5.41, 5.74) is 8.51. The SMILES string of the molecule is Cc1ncsc1CN1CCCC(CC2CC2)(C(N)=O)C1. The molecule has 2 N–H and O–H groups in total. The van der Waals surface area contributed by atoms with Gasteiger partial charge in [0.1, 0.15) is 0 Å². The van der Waals surface area contributed by atoms with Crippen LogP contribution in [0.15, 0.2) is 5.51 Å². The number of hydrogen-bond acceptors (Lipinski definition) is 4. The predicted molar refractivity (Wildman–Crippen MR) is 80.3 cm³/mol. The van der Waals surface area contributed by atoms with Crippen molar-refractivity contribution in [3.63, 3.8) is 0 Å². The van der Waals surface area contributed by atoms with Crippen LogP contribution >= 0.6 is 11.3 Å². The Balaban J connectivity index is 1.70. The molecule has 1 saturated carbocycles. The van der Waals surface area contributed by atoms with Crippen LogP contribution in [-0.2, 0) is 11.3 Å². The first kappa shape index (κ1) is 14.0. The van der Waals surface area contributed by atoms with Gasteiger partial charge >= 0.3 is 0 Å². The Morgan fingerprint density at radius 1 is 1.60 bits per heavy atom. The van der Waals surface area contributed by atoms with Crippen LogP contribution in [0.3, 0.4) is 0 Å². The summed E-state index contributed by atoms with van der Waals surface area (Å²) >= 11 is 1.71. The molecule has 0 bridgehead atoms. The Morgan fingerprint density at radius 3 is 3.00 bits per heavy atom. The van der Waals surface area contributed by atoms with E-state index in [-0.39, 0.29) is 11.3 Å². The summed E-state index contributed by atoms with van der Waals surface area (Å²) in [6.07, 6.45) is 5.61. The van der Waals surface area contributed by atoms with E-state index in [0.717, 1.165) is 50.5 Å². The molecule has 1 unspecified atom stereocenters. The molecule has 0 spiro atoms. The van der Waals surface area contributed by atoms with Gasteiger partial charge in [-0.2, -0.15) is 0 Å². The van der Waals surface area contributed by atoms with Crippen LogP contribution in [0.25, 0.3) is 0 Å². The zero-order valence-electron chi connectivity index (χ0n) is 12.1. The lowest BCUT2D eigenvalue weighted by Crippen LogP contribution is -2.50. The van der Waals surface area contributed by atoms with Gasteiger partial charge in [-0.25, -0.2) is 4.98 Å². The number of primary amides is 1. The van der Waals surface area contributed by atoms with Crippen molar-refractivity contribution in [2.45, 2.75) is 45.6 Å². The maximum absolute atomic E-state index is 12.0. The predicted octanol–water partition coefficient (Wildman–Crippen LogP) is 2.32. The molecule has 3 rings (SSSR count). The number of likely N-dealkylation sites (tertiary alicyclic amines) is 1. The smallest absolute Gasteiger partial charge is 0.224 e. The number of nitrogens with zero attached hydrogens (tertiary/aromatic N) is 2. The van der Waals surface area contributed by atoms with Crippen LogP contribution in [-0.4, -0.2) is 28.9 Å². The lowest BCUT2D eigenvalue weighted by atomic mass is 9.75. The van der Waals surface area contributed by atoms with Crippen LogP contribution in [0.2, 0.25) is 0 Å². The molecule has 2 aliphatic rings. The first-order valence-corrected chi connectivity index (χ1v) is 8.38. The molecule has 1 saturated heterocycles. The van der Waals surface area contributed by atoms with E-state index in [0.29, 0.717) is 0 Å². The number of aryl methyl sites for hydroxylation is 1. The van der Waals surface area contributed by atoms with E-state index in [2.05, 4.69) is 16.8 Å². The Kier molecular flexibility index (Phi) is 3.82. The molecule has 1 aromatic rings. The molecule has 4 nitrogen and oxygen atoms in total. The summed E-state index contributed by atoms with van der Waals surface area (Å²) < 4.78 is 0. The summed E-state index contributed by atoms with van der Waals surface area (Å²) in [7, 11) is 0. The van der Waals surface area contributed by atoms with Gasteiger partial charge in [0.15, 0.2) is 0 Å². The minimum Gasteiger partial charge on any atom is -0.369 e. The zero-order valence-corrected chi connectivity index (χ0v) is 12.9. The van der Waals surface area contributed by atoms with Crippen LogP contribution < -0.4 is 5.73 Å². The Hall–Kier alpha value is -0.940. The molecule has 0 radical (unpaired) electrons. The largest absolute Gasteiger partial charge is 0.369 e. The molecule has 5 heteroatoms. The molecule has 1 aromatic heterocycles. The number of piperidine rings is 1. The molecule has 0 aromatic carbocycles. The van der Waals surface area contributed by atoms with Crippen molar-refractivity contribution in [1.82, 2.24) is 9.88 Å². The van der Waals surface area contributed by atoms with Gasteiger partial charge in [0, 0.05) is 18.0 Å². The number of amides is 1. The highest BCUT2D eigenvalue weighted by Gasteiger charge is 2.44. The highest BCUT2D eigenvalue weighted by Crippen LogP contribution is 2.44. The molecule has 20 heavy (non-hydrogen) atoms. The van der Waals surface area contributed by atoms with Crippen LogP contribution in [0, 0.1) is 18.3 Å². The van der Waals surface area contributed by atoms with Crippen molar-refractivity contribution in [3.05, 3.63) is 16.1 Å². The van der Waals surface area contributed by atoms with Crippen LogP contribution in [0.4, 0.5) is 0 Å². The summed E-state index contributed by atoms with van der Waals surface area (Å²) in [6, 6.07) is 0. The summed E-state index contributed by atoms with van der Waals surface area (Å²) in [5, 5.41) is 0. The molecule has 1 aliphatic heterocycles. The van der Waals surface area contributed by atoms with E-state index in [4.69, 9.17) is 5.73 Å². The topological polar surface area (TPSA) is 59.2 Å². The fourth-order valence-corrected chi connectivity index (χ4v) is 4.20. The number of nitrogens with two attached hydrogens (primary N) is 1. The van der Waals surface area contributed by atoms with Gasteiger partial charge < -0.3 is 5.73 Å². The number of carbonyl (C=O) groups is 1. The minimum atomic E-state index is -0.280. The molecule has 1 aliphatic carbocycles. The van der Waals surface area contributed by atoms with Gasteiger partial charge in [0.05, 0.1) is 16.6 Å². The van der Waals surface area contributed by atoms with Crippen molar-refractivity contribution < 1.29 is 4.79 Å².